The van der Waals surface area contributed by atoms with E-state index >= 15 is 0 Å². The smallest absolute Gasteiger partial charge is 0.0239 e. The summed E-state index contributed by atoms with van der Waals surface area (Å²) < 4.78 is 0. The molecule has 0 amide bonds. The lowest BCUT2D eigenvalue weighted by Gasteiger charge is -2.31. The minimum atomic E-state index is 0.519. The zero-order valence-electron chi connectivity index (χ0n) is 10.3. The maximum atomic E-state index is 3.50. The van der Waals surface area contributed by atoms with Crippen molar-refractivity contribution in [3.63, 3.8) is 0 Å². The monoisotopic (exact) mass is 238 g/mol. The average molecular weight is 238 g/mol. The summed E-state index contributed by atoms with van der Waals surface area (Å²) in [5, 5.41) is 7.92. The van der Waals surface area contributed by atoms with Gasteiger partial charge in [0, 0.05) is 19.6 Å². The molecule has 2 nitrogen and oxygen atoms in total. The molecule has 1 aliphatic heterocycles. The minimum absolute atomic E-state index is 0.519. The van der Waals surface area contributed by atoms with E-state index in [9.17, 15) is 0 Å². The molecule has 1 fully saturated rings. The van der Waals surface area contributed by atoms with Crippen LogP contribution in [0.3, 0.4) is 0 Å². The van der Waals surface area contributed by atoms with Gasteiger partial charge in [-0.2, -0.15) is 11.3 Å². The highest BCUT2D eigenvalue weighted by atomic mass is 32.1. The number of nitrogens with zero attached hydrogens (tertiary/aromatic N) is 1. The molecule has 0 radical (unpaired) electrons. The van der Waals surface area contributed by atoms with E-state index in [-0.39, 0.29) is 0 Å². The van der Waals surface area contributed by atoms with Crippen molar-refractivity contribution in [1.29, 1.82) is 0 Å². The molecule has 0 saturated carbocycles. The van der Waals surface area contributed by atoms with Crippen LogP contribution in [0.4, 0.5) is 0 Å². The average Bonchev–Trinajstić information content (AvgIpc) is 2.90. The number of nitrogens with one attached hydrogen (secondary N) is 1. The van der Waals surface area contributed by atoms with E-state index < -0.39 is 0 Å². The van der Waals surface area contributed by atoms with Crippen LogP contribution in [-0.4, -0.2) is 31.6 Å². The molecule has 1 aromatic heterocycles. The minimum Gasteiger partial charge on any atom is -0.316 e. The third-order valence-corrected chi connectivity index (χ3v) is 4.45. The van der Waals surface area contributed by atoms with Gasteiger partial charge in [0.15, 0.2) is 0 Å². The van der Waals surface area contributed by atoms with Gasteiger partial charge in [0.05, 0.1) is 0 Å². The summed E-state index contributed by atoms with van der Waals surface area (Å²) in [6.45, 7) is 7.01. The van der Waals surface area contributed by atoms with Gasteiger partial charge in [0.2, 0.25) is 0 Å². The normalized spacial score (nSPS) is 25.4. The van der Waals surface area contributed by atoms with Crippen molar-refractivity contribution in [2.45, 2.75) is 26.3 Å². The Labute approximate surface area is 103 Å². The van der Waals surface area contributed by atoms with Gasteiger partial charge in [-0.3, -0.25) is 0 Å². The van der Waals surface area contributed by atoms with Crippen LogP contribution in [0.2, 0.25) is 0 Å². The molecule has 1 saturated heterocycles. The van der Waals surface area contributed by atoms with E-state index in [4.69, 9.17) is 0 Å². The number of hydrogen-bond donors (Lipinski definition) is 1. The SMILES string of the molecule is CCC1(CN(C)Cc2ccsc2)CCNC1. The molecule has 16 heavy (non-hydrogen) atoms. The van der Waals surface area contributed by atoms with Crippen molar-refractivity contribution in [2.75, 3.05) is 26.7 Å². The fourth-order valence-electron chi connectivity index (χ4n) is 2.67. The molecule has 1 aliphatic rings. The van der Waals surface area contributed by atoms with Crippen LogP contribution in [0.5, 0.6) is 0 Å². The van der Waals surface area contributed by atoms with Gasteiger partial charge in [0.1, 0.15) is 0 Å². The van der Waals surface area contributed by atoms with E-state index in [1.807, 2.05) is 0 Å². The lowest BCUT2D eigenvalue weighted by atomic mass is 9.84. The van der Waals surface area contributed by atoms with Crippen molar-refractivity contribution in [2.24, 2.45) is 5.41 Å². The van der Waals surface area contributed by atoms with Crippen LogP contribution in [0.15, 0.2) is 16.8 Å². The van der Waals surface area contributed by atoms with Gasteiger partial charge in [-0.15, -0.1) is 0 Å². The molecular formula is C13H22N2S. The molecule has 0 aromatic carbocycles. The second-order valence-corrected chi connectivity index (χ2v) is 5.86. The summed E-state index contributed by atoms with van der Waals surface area (Å²) >= 11 is 1.79. The van der Waals surface area contributed by atoms with Crippen LogP contribution >= 0.6 is 11.3 Å². The molecule has 1 N–H and O–H groups in total. The molecule has 0 bridgehead atoms. The third kappa shape index (κ3) is 2.84. The number of thiophene rings is 1. The largest absolute Gasteiger partial charge is 0.316 e. The van der Waals surface area contributed by atoms with Crippen LogP contribution in [0.25, 0.3) is 0 Å². The summed E-state index contributed by atoms with van der Waals surface area (Å²) in [5.41, 5.74) is 1.97. The fourth-order valence-corrected chi connectivity index (χ4v) is 3.33. The summed E-state index contributed by atoms with van der Waals surface area (Å²) in [7, 11) is 2.24. The van der Waals surface area contributed by atoms with E-state index in [2.05, 4.69) is 41.0 Å². The van der Waals surface area contributed by atoms with E-state index in [1.54, 1.807) is 11.3 Å². The molecule has 0 spiro atoms. The molecule has 1 atom stereocenters. The highest BCUT2D eigenvalue weighted by Gasteiger charge is 2.32. The molecule has 2 rings (SSSR count). The Morgan fingerprint density at radius 3 is 3.00 bits per heavy atom. The van der Waals surface area contributed by atoms with Gasteiger partial charge < -0.3 is 10.2 Å². The van der Waals surface area contributed by atoms with Gasteiger partial charge in [-0.05, 0) is 54.2 Å². The Morgan fingerprint density at radius 1 is 1.56 bits per heavy atom. The first-order valence-electron chi connectivity index (χ1n) is 6.14. The molecule has 1 unspecified atom stereocenters. The summed E-state index contributed by atoms with van der Waals surface area (Å²) in [6, 6.07) is 2.23. The second-order valence-electron chi connectivity index (χ2n) is 5.08. The maximum Gasteiger partial charge on any atom is 0.0239 e. The van der Waals surface area contributed by atoms with Crippen LogP contribution < -0.4 is 5.32 Å². The summed E-state index contributed by atoms with van der Waals surface area (Å²) in [6.07, 6.45) is 2.62. The summed E-state index contributed by atoms with van der Waals surface area (Å²) in [5.74, 6) is 0. The highest BCUT2D eigenvalue weighted by Crippen LogP contribution is 2.30. The first-order valence-corrected chi connectivity index (χ1v) is 7.09. The molecule has 0 aliphatic carbocycles. The van der Waals surface area contributed by atoms with Gasteiger partial charge in [0.25, 0.3) is 0 Å². The van der Waals surface area contributed by atoms with Crippen molar-refractivity contribution >= 4 is 11.3 Å². The Bertz CT molecular complexity index is 302. The quantitative estimate of drug-likeness (QED) is 0.848. The van der Waals surface area contributed by atoms with E-state index in [0.29, 0.717) is 5.41 Å². The topological polar surface area (TPSA) is 15.3 Å². The number of hydrogen-bond acceptors (Lipinski definition) is 3. The van der Waals surface area contributed by atoms with Crippen molar-refractivity contribution < 1.29 is 0 Å². The number of rotatable bonds is 5. The van der Waals surface area contributed by atoms with Crippen LogP contribution in [-0.2, 0) is 6.54 Å². The Hall–Kier alpha value is -0.380. The zero-order chi connectivity index (χ0) is 11.4. The van der Waals surface area contributed by atoms with Gasteiger partial charge in [-0.1, -0.05) is 6.92 Å². The Balaban J connectivity index is 1.88. The van der Waals surface area contributed by atoms with Crippen molar-refractivity contribution in [3.05, 3.63) is 22.4 Å². The predicted octanol–water partition coefficient (Wildman–Crippen LogP) is 2.57. The van der Waals surface area contributed by atoms with Crippen LogP contribution in [0.1, 0.15) is 25.3 Å². The molecular weight excluding hydrogens is 216 g/mol. The van der Waals surface area contributed by atoms with Gasteiger partial charge in [-0.25, -0.2) is 0 Å². The lowest BCUT2D eigenvalue weighted by molar-refractivity contribution is 0.180. The van der Waals surface area contributed by atoms with E-state index in [1.165, 1.54) is 38.0 Å². The molecule has 1 aromatic rings. The fraction of sp³-hybridized carbons (Fsp3) is 0.692. The maximum absolute atomic E-state index is 3.50. The Kier molecular flexibility index (Phi) is 4.00. The van der Waals surface area contributed by atoms with Crippen molar-refractivity contribution in [3.8, 4) is 0 Å². The van der Waals surface area contributed by atoms with Gasteiger partial charge >= 0.3 is 0 Å². The highest BCUT2D eigenvalue weighted by molar-refractivity contribution is 7.07. The van der Waals surface area contributed by atoms with Crippen LogP contribution in [0, 0.1) is 5.41 Å². The lowest BCUT2D eigenvalue weighted by Crippen LogP contribution is -2.36. The third-order valence-electron chi connectivity index (χ3n) is 3.72. The van der Waals surface area contributed by atoms with E-state index in [0.717, 1.165) is 6.54 Å². The molecule has 90 valence electrons. The first kappa shape index (κ1) is 12.1. The zero-order valence-corrected chi connectivity index (χ0v) is 11.1. The second kappa shape index (κ2) is 5.30. The summed E-state index contributed by atoms with van der Waals surface area (Å²) in [4.78, 5) is 2.47. The first-order chi connectivity index (χ1) is 7.74. The molecule has 2 heterocycles. The molecule has 3 heteroatoms. The predicted molar refractivity (Wildman–Crippen MR) is 70.9 cm³/mol. The van der Waals surface area contributed by atoms with Crippen molar-refractivity contribution in [1.82, 2.24) is 10.2 Å². The Morgan fingerprint density at radius 2 is 2.44 bits per heavy atom. The standard InChI is InChI=1S/C13H22N2S/c1-3-13(5-6-14-10-13)11-15(2)8-12-4-7-16-9-12/h4,7,9,14H,3,5-6,8,10-11H2,1-2H3.